The Morgan fingerprint density at radius 2 is 2.06 bits per heavy atom. The average Bonchev–Trinajstić information content (AvgIpc) is 2.77. The predicted molar refractivity (Wildman–Crippen MR) is 64.2 cm³/mol. The first-order valence-electron chi connectivity index (χ1n) is 6.25. The smallest absolute Gasteiger partial charge is 0.224 e. The molecule has 0 bridgehead atoms. The first kappa shape index (κ1) is 12.1. The highest BCUT2D eigenvalue weighted by Crippen LogP contribution is 2.21. The van der Waals surface area contributed by atoms with Crippen molar-refractivity contribution < 1.29 is 4.79 Å². The second-order valence-corrected chi connectivity index (χ2v) is 5.15. The van der Waals surface area contributed by atoms with Gasteiger partial charge >= 0.3 is 0 Å². The summed E-state index contributed by atoms with van der Waals surface area (Å²) in [6.07, 6.45) is 4.89. The van der Waals surface area contributed by atoms with E-state index in [4.69, 9.17) is 0 Å². The molecule has 2 heterocycles. The lowest BCUT2D eigenvalue weighted by Gasteiger charge is -2.35. The Bertz CT molecular complexity index is 353. The molecule has 0 saturated carbocycles. The maximum absolute atomic E-state index is 12.0. The van der Waals surface area contributed by atoms with Crippen LogP contribution in [0.5, 0.6) is 0 Å². The molecule has 1 aliphatic rings. The minimum atomic E-state index is 0.235. The lowest BCUT2D eigenvalue weighted by molar-refractivity contribution is -0.134. The number of hydrogen-bond donors (Lipinski definition) is 0. The predicted octanol–water partition coefficient (Wildman–Crippen LogP) is 1.17. The van der Waals surface area contributed by atoms with Gasteiger partial charge in [-0.25, -0.2) is 4.98 Å². The summed E-state index contributed by atoms with van der Waals surface area (Å²) in [5, 5.41) is 4.00. The number of nitrogens with zero attached hydrogens (tertiary/aromatic N) is 4. The molecular formula is C12H20N4O. The minimum absolute atomic E-state index is 0.235. The molecule has 2 unspecified atom stereocenters. The largest absolute Gasteiger partial charge is 0.342 e. The van der Waals surface area contributed by atoms with Crippen LogP contribution in [0, 0.1) is 11.8 Å². The molecule has 1 aromatic heterocycles. The molecule has 1 aliphatic heterocycles. The van der Waals surface area contributed by atoms with Crippen molar-refractivity contribution in [2.24, 2.45) is 11.8 Å². The molecule has 1 amide bonds. The van der Waals surface area contributed by atoms with Crippen molar-refractivity contribution in [2.45, 2.75) is 33.2 Å². The number of carbonyl (C=O) groups is 1. The second kappa shape index (κ2) is 5.29. The monoisotopic (exact) mass is 236 g/mol. The lowest BCUT2D eigenvalue weighted by Crippen LogP contribution is -2.42. The average molecular weight is 236 g/mol. The van der Waals surface area contributed by atoms with Gasteiger partial charge in [-0.3, -0.25) is 9.48 Å². The standard InChI is InChI=1S/C12H20N4O/c1-10-5-11(2)7-15(6-10)12(17)3-4-16-9-13-8-14-16/h8-11H,3-7H2,1-2H3. The SMILES string of the molecule is CC1CC(C)CN(C(=O)CCn2cncn2)C1. The summed E-state index contributed by atoms with van der Waals surface area (Å²) in [7, 11) is 0. The molecule has 0 N–H and O–H groups in total. The quantitative estimate of drug-likeness (QED) is 0.791. The van der Waals surface area contributed by atoms with Crippen molar-refractivity contribution in [3.8, 4) is 0 Å². The Hall–Kier alpha value is -1.39. The third kappa shape index (κ3) is 3.28. The normalized spacial score (nSPS) is 24.9. The number of likely N-dealkylation sites (tertiary alicyclic amines) is 1. The highest BCUT2D eigenvalue weighted by atomic mass is 16.2. The number of rotatable bonds is 3. The van der Waals surface area contributed by atoms with Crippen LogP contribution in [-0.2, 0) is 11.3 Å². The van der Waals surface area contributed by atoms with Crippen LogP contribution in [0.1, 0.15) is 26.7 Å². The molecule has 0 radical (unpaired) electrons. The fourth-order valence-electron chi connectivity index (χ4n) is 2.58. The van der Waals surface area contributed by atoms with Crippen molar-refractivity contribution >= 4 is 5.91 Å². The van der Waals surface area contributed by atoms with E-state index in [0.29, 0.717) is 24.8 Å². The van der Waals surface area contributed by atoms with Gasteiger partial charge in [-0.1, -0.05) is 13.8 Å². The summed E-state index contributed by atoms with van der Waals surface area (Å²) in [6, 6.07) is 0. The Kier molecular flexibility index (Phi) is 3.76. The first-order valence-corrected chi connectivity index (χ1v) is 6.25. The summed E-state index contributed by atoms with van der Waals surface area (Å²) in [5.74, 6) is 1.47. The van der Waals surface area contributed by atoms with E-state index in [1.807, 2.05) is 4.90 Å². The molecular weight excluding hydrogens is 216 g/mol. The van der Waals surface area contributed by atoms with Crippen molar-refractivity contribution in [1.29, 1.82) is 0 Å². The summed E-state index contributed by atoms with van der Waals surface area (Å²) < 4.78 is 1.70. The van der Waals surface area contributed by atoms with E-state index in [2.05, 4.69) is 23.9 Å². The highest BCUT2D eigenvalue weighted by Gasteiger charge is 2.24. The zero-order valence-corrected chi connectivity index (χ0v) is 10.5. The van der Waals surface area contributed by atoms with Crippen LogP contribution in [0.15, 0.2) is 12.7 Å². The molecule has 0 aliphatic carbocycles. The van der Waals surface area contributed by atoms with Gasteiger partial charge in [0, 0.05) is 19.5 Å². The van der Waals surface area contributed by atoms with Crippen LogP contribution in [0.3, 0.4) is 0 Å². The molecule has 1 saturated heterocycles. The van der Waals surface area contributed by atoms with Crippen LogP contribution in [0.4, 0.5) is 0 Å². The number of piperidine rings is 1. The van der Waals surface area contributed by atoms with Crippen LogP contribution < -0.4 is 0 Å². The first-order chi connectivity index (χ1) is 8.15. The molecule has 0 aromatic carbocycles. The Labute approximate surface area is 102 Å². The van der Waals surface area contributed by atoms with Gasteiger partial charge < -0.3 is 4.90 Å². The number of aromatic nitrogens is 3. The van der Waals surface area contributed by atoms with E-state index in [1.165, 1.54) is 12.7 Å². The molecule has 1 aromatic rings. The van der Waals surface area contributed by atoms with Crippen LogP contribution in [-0.4, -0.2) is 38.7 Å². The maximum atomic E-state index is 12.0. The van der Waals surface area contributed by atoms with Crippen molar-refractivity contribution in [3.63, 3.8) is 0 Å². The van der Waals surface area contributed by atoms with Gasteiger partial charge in [-0.15, -0.1) is 0 Å². The summed E-state index contributed by atoms with van der Waals surface area (Å²) in [6.45, 7) is 6.86. The molecule has 0 spiro atoms. The van der Waals surface area contributed by atoms with E-state index in [1.54, 1.807) is 11.0 Å². The summed E-state index contributed by atoms with van der Waals surface area (Å²) in [4.78, 5) is 17.9. The second-order valence-electron chi connectivity index (χ2n) is 5.15. The highest BCUT2D eigenvalue weighted by molar-refractivity contribution is 5.76. The number of aryl methyl sites for hydroxylation is 1. The van der Waals surface area contributed by atoms with Gasteiger partial charge in [0.2, 0.25) is 5.91 Å². The van der Waals surface area contributed by atoms with E-state index in [-0.39, 0.29) is 5.91 Å². The van der Waals surface area contributed by atoms with Crippen LogP contribution in [0.2, 0.25) is 0 Å². The molecule has 94 valence electrons. The van der Waals surface area contributed by atoms with E-state index >= 15 is 0 Å². The van der Waals surface area contributed by atoms with Gasteiger partial charge in [0.05, 0.1) is 6.54 Å². The molecule has 2 rings (SSSR count). The van der Waals surface area contributed by atoms with Gasteiger partial charge in [0.25, 0.3) is 0 Å². The van der Waals surface area contributed by atoms with Crippen molar-refractivity contribution in [1.82, 2.24) is 19.7 Å². The number of hydrogen-bond acceptors (Lipinski definition) is 3. The molecule has 5 nitrogen and oxygen atoms in total. The van der Waals surface area contributed by atoms with E-state index < -0.39 is 0 Å². The molecule has 2 atom stereocenters. The number of amides is 1. The summed E-state index contributed by atoms with van der Waals surface area (Å²) >= 11 is 0. The van der Waals surface area contributed by atoms with E-state index in [9.17, 15) is 4.79 Å². The fourth-order valence-corrected chi connectivity index (χ4v) is 2.58. The third-order valence-corrected chi connectivity index (χ3v) is 3.24. The van der Waals surface area contributed by atoms with E-state index in [0.717, 1.165) is 13.1 Å². The summed E-state index contributed by atoms with van der Waals surface area (Å²) in [5.41, 5.74) is 0. The van der Waals surface area contributed by atoms with Crippen molar-refractivity contribution in [2.75, 3.05) is 13.1 Å². The lowest BCUT2D eigenvalue weighted by atomic mass is 9.92. The van der Waals surface area contributed by atoms with Crippen LogP contribution in [0.25, 0.3) is 0 Å². The Morgan fingerprint density at radius 1 is 1.35 bits per heavy atom. The van der Waals surface area contributed by atoms with Gasteiger partial charge in [-0.2, -0.15) is 5.10 Å². The Morgan fingerprint density at radius 3 is 2.65 bits per heavy atom. The molecule has 17 heavy (non-hydrogen) atoms. The third-order valence-electron chi connectivity index (χ3n) is 3.24. The van der Waals surface area contributed by atoms with Gasteiger partial charge in [-0.05, 0) is 18.3 Å². The fraction of sp³-hybridized carbons (Fsp3) is 0.750. The minimum Gasteiger partial charge on any atom is -0.342 e. The zero-order chi connectivity index (χ0) is 12.3. The Balaban J connectivity index is 1.83. The van der Waals surface area contributed by atoms with Crippen molar-refractivity contribution in [3.05, 3.63) is 12.7 Å². The van der Waals surface area contributed by atoms with Gasteiger partial charge in [0.15, 0.2) is 0 Å². The topological polar surface area (TPSA) is 51.0 Å². The molecule has 1 fully saturated rings. The van der Waals surface area contributed by atoms with Gasteiger partial charge in [0.1, 0.15) is 12.7 Å². The zero-order valence-electron chi connectivity index (χ0n) is 10.5. The molecule has 5 heteroatoms. The van der Waals surface area contributed by atoms with Crippen LogP contribution >= 0.6 is 0 Å². The number of carbonyl (C=O) groups excluding carboxylic acids is 1. The maximum Gasteiger partial charge on any atom is 0.224 e.